The Morgan fingerprint density at radius 2 is 1.76 bits per heavy atom. The number of rotatable bonds is 3. The number of hydrogen-bond acceptors (Lipinski definition) is 1. The highest BCUT2D eigenvalue weighted by atomic mass is 19.1. The van der Waals surface area contributed by atoms with Gasteiger partial charge in [-0.3, -0.25) is 0 Å². The van der Waals surface area contributed by atoms with Crippen LogP contribution < -0.4 is 0 Å². The number of aromatic amines is 1. The lowest BCUT2D eigenvalue weighted by Crippen LogP contribution is -2.02. The summed E-state index contributed by atoms with van der Waals surface area (Å²) in [5.41, 5.74) is 2.08. The van der Waals surface area contributed by atoms with Crippen molar-refractivity contribution in [1.29, 1.82) is 0 Å². The van der Waals surface area contributed by atoms with Crippen LogP contribution in [0.3, 0.4) is 0 Å². The summed E-state index contributed by atoms with van der Waals surface area (Å²) >= 11 is 0. The number of allylic oxidation sites excluding steroid dienone is 1. The van der Waals surface area contributed by atoms with Crippen molar-refractivity contribution in [2.24, 2.45) is 5.92 Å². The Kier molecular flexibility index (Phi) is 4.35. The van der Waals surface area contributed by atoms with Crippen molar-refractivity contribution >= 4 is 17.1 Å². The zero-order chi connectivity index (χ0) is 17.2. The smallest absolute Gasteiger partial charge is 0.133 e. The molecule has 0 amide bonds. The number of benzene rings is 2. The zero-order valence-corrected chi connectivity index (χ0v) is 13.9. The number of H-pyrrole nitrogens is 1. The van der Waals surface area contributed by atoms with Crippen molar-refractivity contribution in [2.75, 3.05) is 0 Å². The van der Waals surface area contributed by atoms with Crippen LogP contribution in [0.15, 0.2) is 42.5 Å². The number of hydrogen-bond donors (Lipinski definition) is 1. The highest BCUT2D eigenvalue weighted by molar-refractivity contribution is 5.83. The van der Waals surface area contributed by atoms with Crippen LogP contribution in [0, 0.1) is 17.6 Å². The first-order valence-electron chi connectivity index (χ1n) is 8.83. The molecule has 3 aromatic rings. The summed E-state index contributed by atoms with van der Waals surface area (Å²) in [4.78, 5) is 7.79. The quantitative estimate of drug-likeness (QED) is 0.614. The molecular formula is C21H20F2N2. The molecule has 25 heavy (non-hydrogen) atoms. The average Bonchev–Trinajstić information content (AvgIpc) is 3.03. The van der Waals surface area contributed by atoms with Gasteiger partial charge in [0, 0.05) is 0 Å². The number of nitrogens with one attached hydrogen (secondary N) is 1. The molecule has 0 bridgehead atoms. The largest absolute Gasteiger partial charge is 0.338 e. The van der Waals surface area contributed by atoms with Gasteiger partial charge in [-0.2, -0.15) is 0 Å². The fourth-order valence-electron chi connectivity index (χ4n) is 3.59. The Morgan fingerprint density at radius 3 is 2.52 bits per heavy atom. The molecule has 0 unspecified atom stereocenters. The molecule has 0 saturated heterocycles. The molecule has 128 valence electrons. The summed E-state index contributed by atoms with van der Waals surface area (Å²) in [6.45, 7) is 0. The number of nitrogens with zero attached hydrogens (tertiary/aromatic N) is 1. The van der Waals surface area contributed by atoms with Gasteiger partial charge < -0.3 is 4.98 Å². The molecule has 0 aliphatic heterocycles. The molecule has 0 atom stereocenters. The molecule has 1 saturated carbocycles. The Balaban J connectivity index is 1.64. The number of imidazole rings is 1. The van der Waals surface area contributed by atoms with Crippen LogP contribution in [0.5, 0.6) is 0 Å². The highest BCUT2D eigenvalue weighted by Crippen LogP contribution is 2.29. The molecular weight excluding hydrogens is 318 g/mol. The molecule has 1 aliphatic carbocycles. The predicted molar refractivity (Wildman–Crippen MR) is 97.1 cm³/mol. The van der Waals surface area contributed by atoms with Crippen molar-refractivity contribution in [1.82, 2.24) is 9.97 Å². The molecule has 4 rings (SSSR count). The third kappa shape index (κ3) is 3.34. The molecule has 1 aromatic heterocycles. The molecule has 2 nitrogen and oxygen atoms in total. The van der Waals surface area contributed by atoms with E-state index < -0.39 is 11.6 Å². The normalized spacial score (nSPS) is 16.1. The fourth-order valence-corrected chi connectivity index (χ4v) is 3.59. The third-order valence-electron chi connectivity index (χ3n) is 4.93. The topological polar surface area (TPSA) is 28.7 Å². The summed E-state index contributed by atoms with van der Waals surface area (Å²) in [6, 6.07) is 9.17. The summed E-state index contributed by atoms with van der Waals surface area (Å²) in [7, 11) is 0. The van der Waals surface area contributed by atoms with E-state index in [-0.39, 0.29) is 5.56 Å². The lowest BCUT2D eigenvalue weighted by molar-refractivity contribution is 0.420. The summed E-state index contributed by atoms with van der Waals surface area (Å²) in [6.07, 6.45) is 10.7. The van der Waals surface area contributed by atoms with E-state index in [1.807, 2.05) is 6.08 Å². The van der Waals surface area contributed by atoms with Crippen molar-refractivity contribution in [3.63, 3.8) is 0 Å². The van der Waals surface area contributed by atoms with Gasteiger partial charge in [-0.25, -0.2) is 13.8 Å². The van der Waals surface area contributed by atoms with Gasteiger partial charge in [0.15, 0.2) is 0 Å². The predicted octanol–water partition coefficient (Wildman–Crippen LogP) is 6.10. The molecule has 1 aliphatic rings. The molecule has 4 heteroatoms. The van der Waals surface area contributed by atoms with Gasteiger partial charge in [-0.15, -0.1) is 0 Å². The summed E-state index contributed by atoms with van der Waals surface area (Å²) in [5, 5.41) is 0. The molecule has 1 heterocycles. The van der Waals surface area contributed by atoms with Crippen LogP contribution in [0.1, 0.15) is 37.9 Å². The van der Waals surface area contributed by atoms with E-state index in [0.717, 1.165) is 16.9 Å². The number of halogens is 2. The first-order valence-corrected chi connectivity index (χ1v) is 8.83. The van der Waals surface area contributed by atoms with Crippen LogP contribution in [0.4, 0.5) is 8.78 Å². The van der Waals surface area contributed by atoms with Crippen molar-refractivity contribution in [3.05, 3.63) is 59.9 Å². The van der Waals surface area contributed by atoms with Gasteiger partial charge in [-0.05, 0) is 54.7 Å². The first kappa shape index (κ1) is 16.0. The van der Waals surface area contributed by atoms with E-state index in [1.165, 1.54) is 50.3 Å². The molecule has 1 N–H and O–H groups in total. The Hall–Kier alpha value is -2.49. The van der Waals surface area contributed by atoms with E-state index in [1.54, 1.807) is 18.2 Å². The van der Waals surface area contributed by atoms with Gasteiger partial charge in [0.05, 0.1) is 16.6 Å². The van der Waals surface area contributed by atoms with E-state index in [0.29, 0.717) is 11.5 Å². The van der Waals surface area contributed by atoms with Gasteiger partial charge in [0.2, 0.25) is 0 Å². The van der Waals surface area contributed by atoms with Crippen molar-refractivity contribution in [2.45, 2.75) is 32.1 Å². The maximum absolute atomic E-state index is 14.0. The molecule has 0 radical (unpaired) electrons. The van der Waals surface area contributed by atoms with Crippen LogP contribution in [-0.2, 0) is 0 Å². The van der Waals surface area contributed by atoms with Gasteiger partial charge in [-0.1, -0.05) is 37.5 Å². The second-order valence-corrected chi connectivity index (χ2v) is 6.71. The summed E-state index contributed by atoms with van der Waals surface area (Å²) < 4.78 is 28.0. The molecule has 0 spiro atoms. The van der Waals surface area contributed by atoms with Gasteiger partial charge in [0.1, 0.15) is 17.5 Å². The molecule has 2 aromatic carbocycles. The second kappa shape index (κ2) is 6.79. The maximum Gasteiger partial charge on any atom is 0.133 e. The minimum atomic E-state index is -0.559. The van der Waals surface area contributed by atoms with Gasteiger partial charge in [0.25, 0.3) is 0 Å². The van der Waals surface area contributed by atoms with Crippen LogP contribution in [-0.4, -0.2) is 9.97 Å². The lowest BCUT2D eigenvalue weighted by Gasteiger charge is -2.17. The van der Waals surface area contributed by atoms with Crippen LogP contribution in [0.2, 0.25) is 0 Å². The molecule has 1 fully saturated rings. The SMILES string of the molecule is Fc1cccc(F)c1-c1ccc2nc(/C=C/C3CCCCC3)[nH]c2c1. The standard InChI is InChI=1S/C21H20F2N2/c22-16-7-4-8-17(23)21(16)15-10-11-18-19(13-15)25-20(24-18)12-9-14-5-2-1-3-6-14/h4,7-14H,1-3,5-6H2,(H,24,25)/b12-9+. The highest BCUT2D eigenvalue weighted by Gasteiger charge is 2.13. The summed E-state index contributed by atoms with van der Waals surface area (Å²) in [5.74, 6) is 0.296. The Morgan fingerprint density at radius 1 is 1.00 bits per heavy atom. The maximum atomic E-state index is 14.0. The monoisotopic (exact) mass is 338 g/mol. The van der Waals surface area contributed by atoms with E-state index in [4.69, 9.17) is 0 Å². The number of aromatic nitrogens is 2. The average molecular weight is 338 g/mol. The van der Waals surface area contributed by atoms with E-state index in [9.17, 15) is 8.78 Å². The third-order valence-corrected chi connectivity index (χ3v) is 4.93. The van der Waals surface area contributed by atoms with Gasteiger partial charge >= 0.3 is 0 Å². The van der Waals surface area contributed by atoms with E-state index >= 15 is 0 Å². The van der Waals surface area contributed by atoms with E-state index in [2.05, 4.69) is 16.0 Å². The first-order chi connectivity index (χ1) is 12.2. The fraction of sp³-hybridized carbons (Fsp3) is 0.286. The number of fused-ring (bicyclic) bond motifs is 1. The second-order valence-electron chi connectivity index (χ2n) is 6.71. The Bertz CT molecular complexity index is 901. The van der Waals surface area contributed by atoms with Crippen LogP contribution in [0.25, 0.3) is 28.2 Å². The van der Waals surface area contributed by atoms with Crippen molar-refractivity contribution in [3.8, 4) is 11.1 Å². The Labute approximate surface area is 145 Å². The minimum absolute atomic E-state index is 0.00158. The lowest BCUT2D eigenvalue weighted by atomic mass is 9.89. The van der Waals surface area contributed by atoms with Crippen LogP contribution >= 0.6 is 0 Å². The van der Waals surface area contributed by atoms with Crippen molar-refractivity contribution < 1.29 is 8.78 Å². The zero-order valence-electron chi connectivity index (χ0n) is 13.9. The minimum Gasteiger partial charge on any atom is -0.338 e.